The first-order valence-corrected chi connectivity index (χ1v) is 13.2. The third-order valence-electron chi connectivity index (χ3n) is 7.18. The number of hydrogen-bond acceptors (Lipinski definition) is 1. The van der Waals surface area contributed by atoms with Crippen molar-refractivity contribution in [3.63, 3.8) is 0 Å². The maximum Gasteiger partial charge on any atom is 0.209 e. The molecule has 4 aromatic rings. The van der Waals surface area contributed by atoms with Crippen molar-refractivity contribution in [1.29, 1.82) is 0 Å². The lowest BCUT2D eigenvalue weighted by molar-refractivity contribution is 0.103. The largest absolute Gasteiger partial charge is 0.351 e. The van der Waals surface area contributed by atoms with Crippen LogP contribution in [-0.2, 0) is 16.2 Å². The minimum Gasteiger partial charge on any atom is -0.351 e. The summed E-state index contributed by atoms with van der Waals surface area (Å²) in [5.41, 5.74) is 9.29. The summed E-state index contributed by atoms with van der Waals surface area (Å²) in [6.07, 6.45) is 0. The highest BCUT2D eigenvalue weighted by Gasteiger charge is 2.22. The molecule has 1 heterocycles. The molecule has 0 aliphatic carbocycles. The van der Waals surface area contributed by atoms with Gasteiger partial charge in [-0.3, -0.25) is 4.79 Å². The second kappa shape index (κ2) is 9.49. The highest BCUT2D eigenvalue weighted by atomic mass is 16.1. The van der Waals surface area contributed by atoms with Gasteiger partial charge < -0.3 is 4.98 Å². The van der Waals surface area contributed by atoms with Gasteiger partial charge in [-0.05, 0) is 50.1 Å². The van der Waals surface area contributed by atoms with Crippen molar-refractivity contribution in [3.05, 3.63) is 107 Å². The maximum absolute atomic E-state index is 13.8. The normalized spacial score (nSPS) is 12.6. The molecule has 2 heteroatoms. The smallest absolute Gasteiger partial charge is 0.209 e. The summed E-state index contributed by atoms with van der Waals surface area (Å²) in [6, 6.07) is 27.4. The van der Waals surface area contributed by atoms with E-state index in [0.29, 0.717) is 11.3 Å². The Morgan fingerprint density at radius 1 is 0.541 bits per heavy atom. The molecule has 0 spiro atoms. The standard InChI is InChI=1S/C35H41NO/c1-33(2,3)26-16-10-23(11-17-26)29-22-30(24-12-18-27(19-13-24)34(4,5)6)36-31(29)32(37)25-14-20-28(21-15-25)35(7,8)9/h10-22,36H,1-9H3. The molecule has 0 saturated heterocycles. The highest BCUT2D eigenvalue weighted by molar-refractivity contribution is 6.12. The zero-order valence-electron chi connectivity index (χ0n) is 23.9. The maximum atomic E-state index is 13.8. The number of rotatable bonds is 4. The van der Waals surface area contributed by atoms with Crippen molar-refractivity contribution < 1.29 is 4.79 Å². The van der Waals surface area contributed by atoms with E-state index in [2.05, 4.69) is 134 Å². The van der Waals surface area contributed by atoms with E-state index in [1.807, 2.05) is 12.1 Å². The molecular formula is C35H41NO. The van der Waals surface area contributed by atoms with Gasteiger partial charge in [0.1, 0.15) is 0 Å². The third-order valence-corrected chi connectivity index (χ3v) is 7.18. The van der Waals surface area contributed by atoms with Crippen LogP contribution in [0.5, 0.6) is 0 Å². The monoisotopic (exact) mass is 491 g/mol. The first-order chi connectivity index (χ1) is 17.1. The van der Waals surface area contributed by atoms with Gasteiger partial charge in [-0.1, -0.05) is 135 Å². The quantitative estimate of drug-likeness (QED) is 0.283. The van der Waals surface area contributed by atoms with E-state index >= 15 is 0 Å². The van der Waals surface area contributed by atoms with Crippen molar-refractivity contribution in [1.82, 2.24) is 4.98 Å². The second-order valence-corrected chi connectivity index (χ2v) is 13.3. The van der Waals surface area contributed by atoms with Crippen LogP contribution < -0.4 is 0 Å². The van der Waals surface area contributed by atoms with Crippen LogP contribution in [0.2, 0.25) is 0 Å². The van der Waals surface area contributed by atoms with Gasteiger partial charge in [0.25, 0.3) is 0 Å². The molecular weight excluding hydrogens is 450 g/mol. The SMILES string of the molecule is CC(C)(C)c1ccc(C(=O)c2[nH]c(-c3ccc(C(C)(C)C)cc3)cc2-c2ccc(C(C)(C)C)cc2)cc1. The minimum atomic E-state index is 0.00733. The van der Waals surface area contributed by atoms with E-state index < -0.39 is 0 Å². The van der Waals surface area contributed by atoms with Crippen LogP contribution >= 0.6 is 0 Å². The number of ketones is 1. The molecule has 37 heavy (non-hydrogen) atoms. The van der Waals surface area contributed by atoms with Crippen LogP contribution in [0.4, 0.5) is 0 Å². The van der Waals surface area contributed by atoms with Crippen molar-refractivity contribution in [2.45, 2.75) is 78.6 Å². The van der Waals surface area contributed by atoms with Gasteiger partial charge in [0.2, 0.25) is 5.78 Å². The predicted octanol–water partition coefficient (Wildman–Crippen LogP) is 9.47. The Kier molecular flexibility index (Phi) is 6.84. The molecule has 0 aliphatic heterocycles. The molecule has 3 aromatic carbocycles. The van der Waals surface area contributed by atoms with Crippen molar-refractivity contribution in [3.8, 4) is 22.4 Å². The molecule has 0 unspecified atom stereocenters. The number of carbonyl (C=O) groups is 1. The van der Waals surface area contributed by atoms with Gasteiger partial charge in [0, 0.05) is 16.8 Å². The van der Waals surface area contributed by atoms with E-state index in [-0.39, 0.29) is 22.0 Å². The predicted molar refractivity (Wildman–Crippen MR) is 158 cm³/mol. The summed E-state index contributed by atoms with van der Waals surface area (Å²) in [5, 5.41) is 0. The molecule has 192 valence electrons. The first-order valence-electron chi connectivity index (χ1n) is 13.2. The second-order valence-electron chi connectivity index (χ2n) is 13.3. The molecule has 0 fully saturated rings. The Labute approximate surface area is 223 Å². The molecule has 0 saturated carbocycles. The lowest BCUT2D eigenvalue weighted by atomic mass is 9.85. The van der Waals surface area contributed by atoms with Gasteiger partial charge in [0.15, 0.2) is 0 Å². The first kappa shape index (κ1) is 26.7. The fourth-order valence-electron chi connectivity index (χ4n) is 4.58. The van der Waals surface area contributed by atoms with E-state index in [0.717, 1.165) is 22.4 Å². The fraction of sp³-hybridized carbons (Fsp3) is 0.343. The Morgan fingerprint density at radius 3 is 1.32 bits per heavy atom. The number of H-pyrrole nitrogens is 1. The van der Waals surface area contributed by atoms with Crippen LogP contribution in [0.15, 0.2) is 78.9 Å². The summed E-state index contributed by atoms with van der Waals surface area (Å²) in [5.74, 6) is 0.00733. The van der Waals surface area contributed by atoms with Crippen LogP contribution in [0.3, 0.4) is 0 Å². The number of carbonyl (C=O) groups excluding carboxylic acids is 1. The summed E-state index contributed by atoms with van der Waals surface area (Å²) in [7, 11) is 0. The molecule has 1 aromatic heterocycles. The number of aromatic amines is 1. The molecule has 2 nitrogen and oxygen atoms in total. The van der Waals surface area contributed by atoms with Crippen molar-refractivity contribution in [2.24, 2.45) is 0 Å². The summed E-state index contributed by atoms with van der Waals surface area (Å²) < 4.78 is 0. The Balaban J connectivity index is 1.79. The molecule has 4 rings (SSSR count). The Bertz CT molecular complexity index is 1380. The lowest BCUT2D eigenvalue weighted by Gasteiger charge is -2.19. The Morgan fingerprint density at radius 2 is 0.919 bits per heavy atom. The van der Waals surface area contributed by atoms with Gasteiger partial charge in [-0.2, -0.15) is 0 Å². The van der Waals surface area contributed by atoms with E-state index in [9.17, 15) is 4.79 Å². The van der Waals surface area contributed by atoms with Gasteiger partial charge in [-0.15, -0.1) is 0 Å². The molecule has 0 radical (unpaired) electrons. The lowest BCUT2D eigenvalue weighted by Crippen LogP contribution is -2.12. The van der Waals surface area contributed by atoms with Crippen LogP contribution in [0.1, 0.15) is 95.1 Å². The van der Waals surface area contributed by atoms with Crippen LogP contribution in [0, 0.1) is 0 Å². The number of hydrogen-bond donors (Lipinski definition) is 1. The van der Waals surface area contributed by atoms with Crippen LogP contribution in [0.25, 0.3) is 22.4 Å². The third kappa shape index (κ3) is 5.80. The van der Waals surface area contributed by atoms with Gasteiger partial charge in [0.05, 0.1) is 5.69 Å². The summed E-state index contributed by atoms with van der Waals surface area (Å²) >= 11 is 0. The molecule has 1 N–H and O–H groups in total. The highest BCUT2D eigenvalue weighted by Crippen LogP contribution is 2.34. The Hall–Kier alpha value is -3.39. The van der Waals surface area contributed by atoms with Gasteiger partial charge >= 0.3 is 0 Å². The summed E-state index contributed by atoms with van der Waals surface area (Å²) in [6.45, 7) is 19.9. The van der Waals surface area contributed by atoms with Gasteiger partial charge in [-0.25, -0.2) is 0 Å². The minimum absolute atomic E-state index is 0.00733. The molecule has 0 atom stereocenters. The number of benzene rings is 3. The molecule has 0 amide bonds. The topological polar surface area (TPSA) is 32.9 Å². The van der Waals surface area contributed by atoms with E-state index in [4.69, 9.17) is 0 Å². The zero-order chi connectivity index (χ0) is 27.2. The van der Waals surface area contributed by atoms with Crippen molar-refractivity contribution in [2.75, 3.05) is 0 Å². The number of aromatic nitrogens is 1. The van der Waals surface area contributed by atoms with Crippen molar-refractivity contribution >= 4 is 5.78 Å². The summed E-state index contributed by atoms with van der Waals surface area (Å²) in [4.78, 5) is 17.3. The average molecular weight is 492 g/mol. The van der Waals surface area contributed by atoms with Crippen LogP contribution in [-0.4, -0.2) is 10.8 Å². The molecule has 0 aliphatic rings. The fourth-order valence-corrected chi connectivity index (χ4v) is 4.58. The number of nitrogens with one attached hydrogen (secondary N) is 1. The van der Waals surface area contributed by atoms with E-state index in [1.165, 1.54) is 16.7 Å². The zero-order valence-corrected chi connectivity index (χ0v) is 23.9. The molecule has 0 bridgehead atoms. The van der Waals surface area contributed by atoms with E-state index in [1.54, 1.807) is 0 Å². The average Bonchev–Trinajstić information content (AvgIpc) is 3.28.